The van der Waals surface area contributed by atoms with Crippen molar-refractivity contribution in [1.82, 2.24) is 4.98 Å². The van der Waals surface area contributed by atoms with E-state index < -0.39 is 0 Å². The third-order valence-corrected chi connectivity index (χ3v) is 4.01. The Morgan fingerprint density at radius 2 is 1.78 bits per heavy atom. The van der Waals surface area contributed by atoms with Crippen LogP contribution < -0.4 is 0 Å². The number of hydrogen-bond acceptors (Lipinski definition) is 2. The number of benzene rings is 1. The van der Waals surface area contributed by atoms with E-state index in [0.29, 0.717) is 5.25 Å². The van der Waals surface area contributed by atoms with Gasteiger partial charge in [-0.3, -0.25) is 4.98 Å². The van der Waals surface area contributed by atoms with E-state index in [4.69, 9.17) is 0 Å². The van der Waals surface area contributed by atoms with Gasteiger partial charge >= 0.3 is 0 Å². The summed E-state index contributed by atoms with van der Waals surface area (Å²) >= 11 is 1.98. The second-order valence-corrected chi connectivity index (χ2v) is 6.93. The fourth-order valence-electron chi connectivity index (χ4n) is 1.60. The minimum absolute atomic E-state index is 0.704. The highest BCUT2D eigenvalue weighted by molar-refractivity contribution is 7.99. The maximum atomic E-state index is 4.00. The van der Waals surface area contributed by atoms with E-state index in [1.54, 1.807) is 6.20 Å². The van der Waals surface area contributed by atoms with Gasteiger partial charge in [-0.05, 0) is 41.9 Å². The molecule has 0 aliphatic carbocycles. The average molecular weight is 326 g/mol. The molecule has 1 heterocycles. The molecule has 0 aliphatic heterocycles. The molecule has 23 heavy (non-hydrogen) atoms. The lowest BCUT2D eigenvalue weighted by atomic mass is 10.1. The Bertz CT molecular complexity index is 568. The molecule has 2 aromatic rings. The second kappa shape index (κ2) is 12.6. The van der Waals surface area contributed by atoms with Crippen LogP contribution in [0.15, 0.2) is 55.4 Å². The Kier molecular flexibility index (Phi) is 11.5. The first kappa shape index (κ1) is 21.0. The molecular weight excluding hydrogens is 298 g/mol. The molecule has 0 saturated carbocycles. The van der Waals surface area contributed by atoms with Crippen molar-refractivity contribution in [3.63, 3.8) is 0 Å². The molecule has 0 fully saturated rings. The first-order chi connectivity index (χ1) is 11.0. The molecular formula is C21H27NS. The van der Waals surface area contributed by atoms with Crippen LogP contribution in [-0.4, -0.2) is 10.2 Å². The molecule has 122 valence electrons. The van der Waals surface area contributed by atoms with Crippen molar-refractivity contribution < 1.29 is 0 Å². The molecule has 2 rings (SSSR count). The van der Waals surface area contributed by atoms with Crippen LogP contribution in [0.3, 0.4) is 0 Å². The topological polar surface area (TPSA) is 12.9 Å². The van der Waals surface area contributed by atoms with E-state index in [2.05, 4.69) is 62.5 Å². The fraction of sp³-hybridized carbons (Fsp3) is 0.286. The standard InChI is InChI=1S/C13H18S.C6H7N.C2H2/c1-10(2)13-7-5-12(6-8-13)9-14-11(3)4;1-6-3-2-4-7-5-6;1-2/h5-8,11H,1,9H2,2-4H3;2-5H,1H3;1-2H. The number of nitrogens with zero attached hydrogens (tertiary/aromatic N) is 1. The monoisotopic (exact) mass is 325 g/mol. The molecule has 1 aromatic carbocycles. The maximum absolute atomic E-state index is 4.00. The van der Waals surface area contributed by atoms with Crippen molar-refractivity contribution in [2.24, 2.45) is 0 Å². The summed E-state index contributed by atoms with van der Waals surface area (Å²) < 4.78 is 0. The molecule has 0 unspecified atom stereocenters. The molecule has 0 spiro atoms. The highest BCUT2D eigenvalue weighted by Crippen LogP contribution is 2.19. The average Bonchev–Trinajstić information content (AvgIpc) is 2.56. The third kappa shape index (κ3) is 10.4. The third-order valence-electron chi connectivity index (χ3n) is 2.84. The lowest BCUT2D eigenvalue weighted by molar-refractivity contribution is 1.11. The normalized spacial score (nSPS) is 9.17. The summed E-state index contributed by atoms with van der Waals surface area (Å²) in [6.07, 6.45) is 11.6. The van der Waals surface area contributed by atoms with Crippen molar-refractivity contribution in [1.29, 1.82) is 0 Å². The SMILES string of the molecule is C#C.C=C(C)c1ccc(CSC(C)C)cc1.Cc1cccnc1. The minimum atomic E-state index is 0.704. The summed E-state index contributed by atoms with van der Waals surface area (Å²) in [7, 11) is 0. The number of pyridine rings is 1. The quantitative estimate of drug-likeness (QED) is 0.639. The number of hydrogen-bond donors (Lipinski definition) is 0. The molecule has 0 saturated heterocycles. The van der Waals surface area contributed by atoms with Gasteiger partial charge in [0.1, 0.15) is 0 Å². The molecule has 1 nitrogen and oxygen atoms in total. The number of aryl methyl sites for hydroxylation is 1. The van der Waals surface area contributed by atoms with Gasteiger partial charge < -0.3 is 0 Å². The van der Waals surface area contributed by atoms with Gasteiger partial charge in [0.2, 0.25) is 0 Å². The summed E-state index contributed by atoms with van der Waals surface area (Å²) in [6.45, 7) is 12.4. The number of thioether (sulfide) groups is 1. The number of aromatic nitrogens is 1. The summed E-state index contributed by atoms with van der Waals surface area (Å²) in [4.78, 5) is 3.88. The minimum Gasteiger partial charge on any atom is -0.264 e. The molecule has 0 amide bonds. The summed E-state index contributed by atoms with van der Waals surface area (Å²) in [5.41, 5.74) is 4.98. The fourth-order valence-corrected chi connectivity index (χ4v) is 2.31. The van der Waals surface area contributed by atoms with Gasteiger partial charge in [0, 0.05) is 18.1 Å². The lowest BCUT2D eigenvalue weighted by Crippen LogP contribution is -1.89. The maximum Gasteiger partial charge on any atom is 0.0297 e. The van der Waals surface area contributed by atoms with Crippen molar-refractivity contribution in [3.8, 4) is 12.8 Å². The zero-order valence-electron chi connectivity index (χ0n) is 14.6. The zero-order chi connectivity index (χ0) is 17.7. The van der Waals surface area contributed by atoms with Crippen molar-refractivity contribution in [3.05, 3.63) is 72.1 Å². The van der Waals surface area contributed by atoms with E-state index in [0.717, 1.165) is 11.3 Å². The smallest absolute Gasteiger partial charge is 0.0297 e. The van der Waals surface area contributed by atoms with Crippen molar-refractivity contribution in [2.75, 3.05) is 0 Å². The Hall–Kier alpha value is -1.98. The number of terminal acetylenes is 1. The molecule has 1 aromatic heterocycles. The van der Waals surface area contributed by atoms with Crippen LogP contribution in [-0.2, 0) is 5.75 Å². The number of rotatable bonds is 4. The van der Waals surface area contributed by atoms with E-state index in [9.17, 15) is 0 Å². The van der Waals surface area contributed by atoms with Crippen LogP contribution >= 0.6 is 11.8 Å². The van der Waals surface area contributed by atoms with Crippen molar-refractivity contribution in [2.45, 2.75) is 38.7 Å². The summed E-state index contributed by atoms with van der Waals surface area (Å²) in [5.74, 6) is 1.11. The van der Waals surface area contributed by atoms with Gasteiger partial charge in [-0.2, -0.15) is 11.8 Å². The van der Waals surface area contributed by atoms with Gasteiger partial charge in [0.15, 0.2) is 0 Å². The largest absolute Gasteiger partial charge is 0.264 e. The predicted octanol–water partition coefficient (Wildman–Crippen LogP) is 6.00. The van der Waals surface area contributed by atoms with Crippen LogP contribution in [0.1, 0.15) is 37.5 Å². The van der Waals surface area contributed by atoms with E-state index in [-0.39, 0.29) is 0 Å². The van der Waals surface area contributed by atoms with Crippen LogP contribution in [0, 0.1) is 19.8 Å². The summed E-state index contributed by atoms with van der Waals surface area (Å²) in [6, 6.07) is 12.6. The van der Waals surface area contributed by atoms with Crippen molar-refractivity contribution >= 4 is 17.3 Å². The highest BCUT2D eigenvalue weighted by atomic mass is 32.2. The first-order valence-corrected chi connectivity index (χ1v) is 8.60. The Labute approximate surface area is 146 Å². The Morgan fingerprint density at radius 3 is 2.13 bits per heavy atom. The highest BCUT2D eigenvalue weighted by Gasteiger charge is 1.97. The molecule has 2 heteroatoms. The molecule has 0 radical (unpaired) electrons. The van der Waals surface area contributed by atoms with Gasteiger partial charge in [-0.25, -0.2) is 0 Å². The molecule has 0 atom stereocenters. The summed E-state index contributed by atoms with van der Waals surface area (Å²) in [5, 5.41) is 0.704. The van der Waals surface area contributed by atoms with Gasteiger partial charge in [0.05, 0.1) is 0 Å². The van der Waals surface area contributed by atoms with Gasteiger partial charge in [0.25, 0.3) is 0 Å². The van der Waals surface area contributed by atoms with Crippen LogP contribution in [0.4, 0.5) is 0 Å². The van der Waals surface area contributed by atoms with Gasteiger partial charge in [-0.1, -0.05) is 56.3 Å². The van der Waals surface area contributed by atoms with Crippen LogP contribution in [0.2, 0.25) is 0 Å². The lowest BCUT2D eigenvalue weighted by Gasteiger charge is -2.05. The first-order valence-electron chi connectivity index (χ1n) is 7.55. The molecule has 0 aliphatic rings. The second-order valence-electron chi connectivity index (χ2n) is 5.37. The molecule has 0 N–H and O–H groups in total. The molecule has 0 bridgehead atoms. The van der Waals surface area contributed by atoms with Gasteiger partial charge in [-0.15, -0.1) is 12.8 Å². The van der Waals surface area contributed by atoms with E-state index >= 15 is 0 Å². The van der Waals surface area contributed by atoms with Crippen LogP contribution in [0.25, 0.3) is 5.57 Å². The Morgan fingerprint density at radius 1 is 1.17 bits per heavy atom. The number of allylic oxidation sites excluding steroid dienone is 1. The van der Waals surface area contributed by atoms with E-state index in [1.165, 1.54) is 16.7 Å². The Balaban J connectivity index is 0.000000449. The van der Waals surface area contributed by atoms with E-state index in [1.807, 2.05) is 43.9 Å². The predicted molar refractivity (Wildman–Crippen MR) is 106 cm³/mol. The zero-order valence-corrected chi connectivity index (χ0v) is 15.4. The van der Waals surface area contributed by atoms with Crippen LogP contribution in [0.5, 0.6) is 0 Å².